The fourth-order valence-electron chi connectivity index (χ4n) is 2.22. The quantitative estimate of drug-likeness (QED) is 0.883. The van der Waals surface area contributed by atoms with Crippen LogP contribution in [0.1, 0.15) is 11.1 Å². The van der Waals surface area contributed by atoms with E-state index >= 15 is 0 Å². The van der Waals surface area contributed by atoms with Crippen molar-refractivity contribution in [2.45, 2.75) is 13.3 Å². The minimum Gasteiger partial charge on any atom is -0.373 e. The summed E-state index contributed by atoms with van der Waals surface area (Å²) < 4.78 is 0. The van der Waals surface area contributed by atoms with Gasteiger partial charge in [0.15, 0.2) is 0 Å². The zero-order valence-electron chi connectivity index (χ0n) is 12.7. The number of benzene rings is 2. The lowest BCUT2D eigenvalue weighted by molar-refractivity contribution is -0.120. The van der Waals surface area contributed by atoms with E-state index in [0.717, 1.165) is 23.4 Å². The van der Waals surface area contributed by atoms with Crippen LogP contribution < -0.4 is 10.2 Å². The third-order valence-corrected chi connectivity index (χ3v) is 3.58. The molecule has 0 aromatic heterocycles. The van der Waals surface area contributed by atoms with Crippen molar-refractivity contribution < 1.29 is 4.79 Å². The number of likely N-dealkylation sites (N-methyl/N-ethyl adjacent to an activating group) is 1. The van der Waals surface area contributed by atoms with Crippen LogP contribution in [0.15, 0.2) is 54.6 Å². The molecule has 2 rings (SSSR count). The van der Waals surface area contributed by atoms with Crippen molar-refractivity contribution in [3.05, 3.63) is 65.7 Å². The first-order valence-electron chi connectivity index (χ1n) is 7.24. The normalized spacial score (nSPS) is 10.2. The Bertz CT molecular complexity index is 581. The summed E-state index contributed by atoms with van der Waals surface area (Å²) in [5.74, 6) is 0.0748. The summed E-state index contributed by atoms with van der Waals surface area (Å²) in [4.78, 5) is 14.1. The molecule has 1 amide bonds. The molecule has 3 heteroatoms. The Hall–Kier alpha value is -2.29. The molecule has 0 bridgehead atoms. The van der Waals surface area contributed by atoms with E-state index in [1.165, 1.54) is 0 Å². The molecule has 110 valence electrons. The first-order chi connectivity index (χ1) is 10.2. The monoisotopic (exact) mass is 282 g/mol. The minimum absolute atomic E-state index is 0.0748. The summed E-state index contributed by atoms with van der Waals surface area (Å²) in [6.45, 7) is 3.48. The number of para-hydroxylation sites is 1. The van der Waals surface area contributed by atoms with Crippen LogP contribution in [0.3, 0.4) is 0 Å². The standard InChI is InChI=1S/C18H22N2O/c1-15-8-6-7-9-16(15)14-18(21)19-12-13-20(2)17-10-4-3-5-11-17/h3-11H,12-14H2,1-2H3,(H,19,21). The van der Waals surface area contributed by atoms with E-state index in [1.807, 2.05) is 56.4 Å². The number of carbonyl (C=O) groups excluding carboxylic acids is 1. The van der Waals surface area contributed by atoms with Crippen molar-refractivity contribution in [3.63, 3.8) is 0 Å². The highest BCUT2D eigenvalue weighted by Crippen LogP contribution is 2.10. The second kappa shape index (κ2) is 7.48. The van der Waals surface area contributed by atoms with Gasteiger partial charge >= 0.3 is 0 Å². The number of aryl methyl sites for hydroxylation is 1. The highest BCUT2D eigenvalue weighted by molar-refractivity contribution is 5.78. The van der Waals surface area contributed by atoms with Gasteiger partial charge in [-0.1, -0.05) is 42.5 Å². The number of amides is 1. The number of hydrogen-bond acceptors (Lipinski definition) is 2. The Balaban J connectivity index is 1.76. The predicted octanol–water partition coefficient (Wildman–Crippen LogP) is 2.79. The largest absolute Gasteiger partial charge is 0.373 e. The summed E-state index contributed by atoms with van der Waals surface area (Å²) in [5, 5.41) is 2.98. The molecule has 2 aromatic rings. The van der Waals surface area contributed by atoms with E-state index in [9.17, 15) is 4.79 Å². The Labute approximate surface area is 126 Å². The molecule has 0 fully saturated rings. The van der Waals surface area contributed by atoms with E-state index in [0.29, 0.717) is 13.0 Å². The third kappa shape index (κ3) is 4.63. The Morgan fingerprint density at radius 1 is 1.05 bits per heavy atom. The number of hydrogen-bond donors (Lipinski definition) is 1. The van der Waals surface area contributed by atoms with Crippen LogP contribution in [0.2, 0.25) is 0 Å². The Morgan fingerprint density at radius 3 is 2.43 bits per heavy atom. The van der Waals surface area contributed by atoms with Crippen molar-refractivity contribution in [2.24, 2.45) is 0 Å². The van der Waals surface area contributed by atoms with E-state index < -0.39 is 0 Å². The molecular weight excluding hydrogens is 260 g/mol. The van der Waals surface area contributed by atoms with Gasteiger partial charge in [0, 0.05) is 25.8 Å². The van der Waals surface area contributed by atoms with E-state index in [2.05, 4.69) is 22.3 Å². The van der Waals surface area contributed by atoms with Gasteiger partial charge in [-0.15, -0.1) is 0 Å². The molecule has 3 nitrogen and oxygen atoms in total. The lowest BCUT2D eigenvalue weighted by Gasteiger charge is -2.19. The number of nitrogens with zero attached hydrogens (tertiary/aromatic N) is 1. The van der Waals surface area contributed by atoms with Gasteiger partial charge in [-0.2, -0.15) is 0 Å². The second-order valence-corrected chi connectivity index (χ2v) is 5.21. The summed E-state index contributed by atoms with van der Waals surface area (Å²) in [6.07, 6.45) is 0.446. The van der Waals surface area contributed by atoms with Gasteiger partial charge in [0.1, 0.15) is 0 Å². The first-order valence-corrected chi connectivity index (χ1v) is 7.24. The molecule has 0 atom stereocenters. The lowest BCUT2D eigenvalue weighted by atomic mass is 10.1. The van der Waals surface area contributed by atoms with E-state index in [-0.39, 0.29) is 5.91 Å². The average Bonchev–Trinajstić information content (AvgIpc) is 2.50. The molecule has 1 N–H and O–H groups in total. The molecule has 21 heavy (non-hydrogen) atoms. The van der Waals surface area contributed by atoms with Gasteiger partial charge in [-0.05, 0) is 30.2 Å². The third-order valence-electron chi connectivity index (χ3n) is 3.58. The molecule has 0 spiro atoms. The zero-order valence-corrected chi connectivity index (χ0v) is 12.7. The highest BCUT2D eigenvalue weighted by atomic mass is 16.1. The lowest BCUT2D eigenvalue weighted by Crippen LogP contribution is -2.33. The first kappa shape index (κ1) is 15.1. The van der Waals surface area contributed by atoms with Crippen LogP contribution in [-0.2, 0) is 11.2 Å². The molecular formula is C18H22N2O. The Kier molecular flexibility index (Phi) is 5.38. The maximum absolute atomic E-state index is 12.0. The van der Waals surface area contributed by atoms with Crippen molar-refractivity contribution >= 4 is 11.6 Å². The van der Waals surface area contributed by atoms with Crippen molar-refractivity contribution in [2.75, 3.05) is 25.0 Å². The van der Waals surface area contributed by atoms with Crippen molar-refractivity contribution in [1.29, 1.82) is 0 Å². The zero-order chi connectivity index (χ0) is 15.1. The van der Waals surface area contributed by atoms with Gasteiger partial charge in [0.25, 0.3) is 0 Å². The highest BCUT2D eigenvalue weighted by Gasteiger charge is 2.05. The molecule has 0 saturated carbocycles. The second-order valence-electron chi connectivity index (χ2n) is 5.21. The van der Waals surface area contributed by atoms with E-state index in [1.54, 1.807) is 0 Å². The maximum Gasteiger partial charge on any atom is 0.224 e. The van der Waals surface area contributed by atoms with Gasteiger partial charge in [0.05, 0.1) is 6.42 Å². The minimum atomic E-state index is 0.0748. The number of carbonyl (C=O) groups is 1. The van der Waals surface area contributed by atoms with Crippen LogP contribution in [0.4, 0.5) is 5.69 Å². The van der Waals surface area contributed by atoms with Crippen LogP contribution >= 0.6 is 0 Å². The molecule has 2 aromatic carbocycles. The fraction of sp³-hybridized carbons (Fsp3) is 0.278. The van der Waals surface area contributed by atoms with Gasteiger partial charge in [-0.3, -0.25) is 4.79 Å². The SMILES string of the molecule is Cc1ccccc1CC(=O)NCCN(C)c1ccccc1. The molecule has 0 radical (unpaired) electrons. The van der Waals surface area contributed by atoms with Gasteiger partial charge in [0.2, 0.25) is 5.91 Å². The van der Waals surface area contributed by atoms with Gasteiger partial charge < -0.3 is 10.2 Å². The average molecular weight is 282 g/mol. The van der Waals surface area contributed by atoms with Crippen LogP contribution in [0.5, 0.6) is 0 Å². The number of rotatable bonds is 6. The van der Waals surface area contributed by atoms with Crippen molar-refractivity contribution in [3.8, 4) is 0 Å². The topological polar surface area (TPSA) is 32.3 Å². The maximum atomic E-state index is 12.0. The number of nitrogens with one attached hydrogen (secondary N) is 1. The summed E-state index contributed by atoms with van der Waals surface area (Å²) in [5.41, 5.74) is 3.41. The molecule has 0 saturated heterocycles. The van der Waals surface area contributed by atoms with Crippen LogP contribution in [-0.4, -0.2) is 26.0 Å². The summed E-state index contributed by atoms with van der Waals surface area (Å²) in [7, 11) is 2.03. The fourth-order valence-corrected chi connectivity index (χ4v) is 2.22. The summed E-state index contributed by atoms with van der Waals surface area (Å²) in [6, 6.07) is 18.2. The number of anilines is 1. The molecule has 0 aliphatic carbocycles. The van der Waals surface area contributed by atoms with E-state index in [4.69, 9.17) is 0 Å². The van der Waals surface area contributed by atoms with Crippen LogP contribution in [0.25, 0.3) is 0 Å². The molecule has 0 unspecified atom stereocenters. The molecule has 0 aliphatic rings. The van der Waals surface area contributed by atoms with Gasteiger partial charge in [-0.25, -0.2) is 0 Å². The predicted molar refractivity (Wildman–Crippen MR) is 87.6 cm³/mol. The van der Waals surface area contributed by atoms with Crippen molar-refractivity contribution in [1.82, 2.24) is 5.32 Å². The van der Waals surface area contributed by atoms with Crippen LogP contribution in [0, 0.1) is 6.92 Å². The molecule has 0 heterocycles. The summed E-state index contributed by atoms with van der Waals surface area (Å²) >= 11 is 0. The molecule has 0 aliphatic heterocycles. The smallest absolute Gasteiger partial charge is 0.224 e. The Morgan fingerprint density at radius 2 is 1.71 bits per heavy atom.